The Morgan fingerprint density at radius 3 is 2.67 bits per heavy atom. The molecule has 1 fully saturated rings. The molecule has 2 aromatic rings. The molecule has 0 radical (unpaired) electrons. The molecule has 1 N–H and O–H groups in total. The van der Waals surface area contributed by atoms with Gasteiger partial charge in [0.2, 0.25) is 0 Å². The van der Waals surface area contributed by atoms with E-state index in [2.05, 4.69) is 54.7 Å². The van der Waals surface area contributed by atoms with E-state index in [1.807, 2.05) is 0 Å². The highest BCUT2D eigenvalue weighted by Crippen LogP contribution is 2.39. The minimum absolute atomic E-state index is 0.720. The van der Waals surface area contributed by atoms with Gasteiger partial charge in [0.05, 0.1) is 0 Å². The summed E-state index contributed by atoms with van der Waals surface area (Å²) in [6.45, 7) is 4.47. The van der Waals surface area contributed by atoms with Crippen LogP contribution in [0.5, 0.6) is 0 Å². The Kier molecular flexibility index (Phi) is 4.92. The summed E-state index contributed by atoms with van der Waals surface area (Å²) in [4.78, 5) is 0. The van der Waals surface area contributed by atoms with Crippen molar-refractivity contribution in [2.45, 2.75) is 44.9 Å². The van der Waals surface area contributed by atoms with Crippen LogP contribution in [0.4, 0.5) is 0 Å². The zero-order valence-electron chi connectivity index (χ0n) is 13.1. The van der Waals surface area contributed by atoms with E-state index in [-0.39, 0.29) is 0 Å². The third-order valence-electron chi connectivity index (χ3n) is 5.04. The first-order chi connectivity index (χ1) is 10.4. The second kappa shape index (κ2) is 7.09. The summed E-state index contributed by atoms with van der Waals surface area (Å²) in [5.74, 6) is 1.51. The van der Waals surface area contributed by atoms with E-state index < -0.39 is 0 Å². The highest BCUT2D eigenvalue weighted by atomic mass is 14.8. The van der Waals surface area contributed by atoms with Crippen LogP contribution >= 0.6 is 0 Å². The zero-order chi connectivity index (χ0) is 14.5. The fraction of sp³-hybridized carbons (Fsp3) is 0.500. The summed E-state index contributed by atoms with van der Waals surface area (Å²) in [6.07, 6.45) is 6.92. The van der Waals surface area contributed by atoms with Crippen LogP contribution in [-0.4, -0.2) is 13.1 Å². The predicted octanol–water partition coefficient (Wildman–Crippen LogP) is 5.11. The van der Waals surface area contributed by atoms with E-state index in [0.29, 0.717) is 0 Å². The summed E-state index contributed by atoms with van der Waals surface area (Å²) < 4.78 is 0. The van der Waals surface area contributed by atoms with Gasteiger partial charge in [0, 0.05) is 0 Å². The number of hydrogen-bond donors (Lipinski definition) is 1. The van der Waals surface area contributed by atoms with E-state index in [1.165, 1.54) is 49.4 Å². The molecule has 2 unspecified atom stereocenters. The van der Waals surface area contributed by atoms with E-state index in [4.69, 9.17) is 0 Å². The number of hydrogen-bond acceptors (Lipinski definition) is 1. The van der Waals surface area contributed by atoms with E-state index in [1.54, 1.807) is 5.56 Å². The predicted molar refractivity (Wildman–Crippen MR) is 91.8 cm³/mol. The molecule has 0 bridgehead atoms. The summed E-state index contributed by atoms with van der Waals surface area (Å²) in [5, 5.41) is 6.45. The molecule has 21 heavy (non-hydrogen) atoms. The van der Waals surface area contributed by atoms with Crippen molar-refractivity contribution in [1.29, 1.82) is 0 Å². The Hall–Kier alpha value is -1.34. The van der Waals surface area contributed by atoms with Gasteiger partial charge >= 0.3 is 0 Å². The third kappa shape index (κ3) is 3.29. The number of fused-ring (bicyclic) bond motifs is 1. The number of nitrogens with one attached hydrogen (secondary N) is 1. The Labute approximate surface area is 128 Å². The van der Waals surface area contributed by atoms with Gasteiger partial charge in [-0.15, -0.1) is 0 Å². The van der Waals surface area contributed by atoms with Crippen LogP contribution in [-0.2, 0) is 0 Å². The molecular formula is C20H27N. The quantitative estimate of drug-likeness (QED) is 0.768. The van der Waals surface area contributed by atoms with Gasteiger partial charge in [-0.25, -0.2) is 0 Å². The Bertz CT molecular complexity index is 570. The van der Waals surface area contributed by atoms with Gasteiger partial charge in [-0.05, 0) is 54.1 Å². The molecule has 2 atom stereocenters. The van der Waals surface area contributed by atoms with Crippen molar-refractivity contribution in [2.24, 2.45) is 5.92 Å². The molecule has 1 heteroatoms. The summed E-state index contributed by atoms with van der Waals surface area (Å²) in [6, 6.07) is 15.7. The lowest BCUT2D eigenvalue weighted by molar-refractivity contribution is 0.380. The first kappa shape index (κ1) is 14.6. The number of benzene rings is 2. The molecule has 112 valence electrons. The molecule has 0 heterocycles. The van der Waals surface area contributed by atoms with Gasteiger partial charge in [-0.3, -0.25) is 0 Å². The lowest BCUT2D eigenvalue weighted by Gasteiger charge is -2.27. The molecule has 0 spiro atoms. The van der Waals surface area contributed by atoms with Crippen LogP contribution < -0.4 is 5.32 Å². The fourth-order valence-corrected chi connectivity index (χ4v) is 3.94. The maximum Gasteiger partial charge on any atom is -0.00148 e. The summed E-state index contributed by atoms with van der Waals surface area (Å²) in [7, 11) is 0. The monoisotopic (exact) mass is 281 g/mol. The van der Waals surface area contributed by atoms with Crippen LogP contribution in [0.2, 0.25) is 0 Å². The van der Waals surface area contributed by atoms with Crippen molar-refractivity contribution >= 4 is 10.8 Å². The normalized spacial score (nSPS) is 23.1. The largest absolute Gasteiger partial charge is 0.317 e. The average Bonchev–Trinajstić information content (AvgIpc) is 2.77. The summed E-state index contributed by atoms with van der Waals surface area (Å²) >= 11 is 0. The van der Waals surface area contributed by atoms with Crippen molar-refractivity contribution < 1.29 is 0 Å². The Balaban J connectivity index is 1.96. The Morgan fingerprint density at radius 1 is 0.952 bits per heavy atom. The first-order valence-electron chi connectivity index (χ1n) is 8.58. The average molecular weight is 281 g/mol. The lowest BCUT2D eigenvalue weighted by Crippen LogP contribution is -2.26. The standard InChI is InChI=1S/C20H27N/c1-2-21-15-17-10-4-3-5-12-19(17)20-14-8-11-16-9-6-7-13-18(16)20/h6-9,11,13-14,17,19,21H,2-5,10,12,15H2,1H3. The van der Waals surface area contributed by atoms with Crippen LogP contribution in [0.15, 0.2) is 42.5 Å². The molecule has 1 saturated carbocycles. The molecule has 0 amide bonds. The minimum atomic E-state index is 0.720. The molecular weight excluding hydrogens is 254 g/mol. The van der Waals surface area contributed by atoms with Crippen LogP contribution in [0.25, 0.3) is 10.8 Å². The molecule has 0 aliphatic heterocycles. The Morgan fingerprint density at radius 2 is 1.76 bits per heavy atom. The minimum Gasteiger partial charge on any atom is -0.317 e. The topological polar surface area (TPSA) is 12.0 Å². The number of rotatable bonds is 4. The molecule has 1 aliphatic carbocycles. The van der Waals surface area contributed by atoms with Crippen molar-refractivity contribution in [3.8, 4) is 0 Å². The van der Waals surface area contributed by atoms with Gasteiger partial charge in [0.25, 0.3) is 0 Å². The van der Waals surface area contributed by atoms with Crippen molar-refractivity contribution in [3.63, 3.8) is 0 Å². The molecule has 1 aliphatic rings. The van der Waals surface area contributed by atoms with Gasteiger partial charge in [0.15, 0.2) is 0 Å². The van der Waals surface area contributed by atoms with Gasteiger partial charge < -0.3 is 5.32 Å². The van der Waals surface area contributed by atoms with Crippen molar-refractivity contribution in [1.82, 2.24) is 5.32 Å². The highest BCUT2D eigenvalue weighted by molar-refractivity contribution is 5.86. The van der Waals surface area contributed by atoms with E-state index in [0.717, 1.165) is 18.4 Å². The highest BCUT2D eigenvalue weighted by Gasteiger charge is 2.25. The van der Waals surface area contributed by atoms with E-state index in [9.17, 15) is 0 Å². The van der Waals surface area contributed by atoms with Crippen LogP contribution in [0, 0.1) is 5.92 Å². The second-order valence-corrected chi connectivity index (χ2v) is 6.38. The van der Waals surface area contributed by atoms with Gasteiger partial charge in [0.1, 0.15) is 0 Å². The molecule has 0 saturated heterocycles. The van der Waals surface area contributed by atoms with Crippen LogP contribution in [0.3, 0.4) is 0 Å². The van der Waals surface area contributed by atoms with Gasteiger partial charge in [-0.2, -0.15) is 0 Å². The molecule has 3 rings (SSSR count). The lowest BCUT2D eigenvalue weighted by atomic mass is 9.80. The fourth-order valence-electron chi connectivity index (χ4n) is 3.94. The maximum atomic E-state index is 3.59. The maximum absolute atomic E-state index is 3.59. The SMILES string of the molecule is CCNCC1CCCCCC1c1cccc2ccccc12. The van der Waals surface area contributed by atoms with Gasteiger partial charge in [-0.1, -0.05) is 68.7 Å². The molecule has 1 nitrogen and oxygen atoms in total. The van der Waals surface area contributed by atoms with E-state index >= 15 is 0 Å². The summed E-state index contributed by atoms with van der Waals surface area (Å²) in [5.41, 5.74) is 1.58. The van der Waals surface area contributed by atoms with Crippen molar-refractivity contribution in [3.05, 3.63) is 48.0 Å². The van der Waals surface area contributed by atoms with Crippen molar-refractivity contribution in [2.75, 3.05) is 13.1 Å². The van der Waals surface area contributed by atoms with Crippen LogP contribution in [0.1, 0.15) is 50.5 Å². The zero-order valence-corrected chi connectivity index (χ0v) is 13.1. The molecule has 0 aromatic heterocycles. The molecule has 2 aromatic carbocycles. The first-order valence-corrected chi connectivity index (χ1v) is 8.58. The third-order valence-corrected chi connectivity index (χ3v) is 5.04. The smallest absolute Gasteiger partial charge is 0.00148 e. The second-order valence-electron chi connectivity index (χ2n) is 6.38.